The van der Waals surface area contributed by atoms with Crippen LogP contribution in [-0.2, 0) is 6.54 Å². The summed E-state index contributed by atoms with van der Waals surface area (Å²) < 4.78 is 4.06. The molecule has 14 heavy (non-hydrogen) atoms. The minimum Gasteiger partial charge on any atom is -0.355 e. The molecule has 0 saturated heterocycles. The number of rotatable bonds is 3. The Balaban J connectivity index is 1.95. The number of nitrogens with zero attached hydrogens (tertiary/aromatic N) is 4. The first-order chi connectivity index (χ1) is 6.84. The second-order valence-corrected chi connectivity index (χ2v) is 3.45. The molecular formula is C8H9N5S. The summed E-state index contributed by atoms with van der Waals surface area (Å²) in [6.45, 7) is 2.52. The van der Waals surface area contributed by atoms with Gasteiger partial charge in [-0.25, -0.2) is 15.0 Å². The summed E-state index contributed by atoms with van der Waals surface area (Å²) in [6, 6.07) is 1.86. The van der Waals surface area contributed by atoms with Gasteiger partial charge in [0.05, 0.1) is 12.2 Å². The summed E-state index contributed by atoms with van der Waals surface area (Å²) in [4.78, 5) is 12.1. The van der Waals surface area contributed by atoms with Crippen LogP contribution in [0.15, 0.2) is 18.6 Å². The van der Waals surface area contributed by atoms with Gasteiger partial charge in [0.2, 0.25) is 5.13 Å². The molecule has 0 atom stereocenters. The molecule has 0 saturated carbocycles. The highest BCUT2D eigenvalue weighted by atomic mass is 32.1. The molecule has 6 heteroatoms. The summed E-state index contributed by atoms with van der Waals surface area (Å²) in [6.07, 6.45) is 3.25. The number of nitrogens with one attached hydrogen (secondary N) is 1. The fourth-order valence-corrected chi connectivity index (χ4v) is 1.53. The molecule has 2 aromatic heterocycles. The first-order valence-corrected chi connectivity index (χ1v) is 4.91. The Morgan fingerprint density at radius 1 is 1.50 bits per heavy atom. The summed E-state index contributed by atoms with van der Waals surface area (Å²) in [7, 11) is 0. The zero-order chi connectivity index (χ0) is 9.80. The quantitative estimate of drug-likeness (QED) is 0.820. The van der Waals surface area contributed by atoms with E-state index >= 15 is 0 Å². The van der Waals surface area contributed by atoms with Gasteiger partial charge in [-0.15, -0.1) is 0 Å². The lowest BCUT2D eigenvalue weighted by Crippen LogP contribution is -2.01. The number of aromatic nitrogens is 4. The van der Waals surface area contributed by atoms with Gasteiger partial charge in [-0.3, -0.25) is 0 Å². The third-order valence-electron chi connectivity index (χ3n) is 1.59. The van der Waals surface area contributed by atoms with Crippen molar-refractivity contribution >= 4 is 16.7 Å². The molecule has 0 aliphatic rings. The lowest BCUT2D eigenvalue weighted by Gasteiger charge is -1.99. The van der Waals surface area contributed by atoms with E-state index in [0.29, 0.717) is 6.54 Å². The predicted molar refractivity (Wildman–Crippen MR) is 54.0 cm³/mol. The minimum absolute atomic E-state index is 0.650. The number of hydrogen-bond donors (Lipinski definition) is 1. The minimum atomic E-state index is 0.650. The van der Waals surface area contributed by atoms with E-state index in [0.717, 1.165) is 16.6 Å². The molecule has 2 heterocycles. The average molecular weight is 207 g/mol. The van der Waals surface area contributed by atoms with Gasteiger partial charge in [0.25, 0.3) is 0 Å². The molecule has 5 nitrogen and oxygen atoms in total. The van der Waals surface area contributed by atoms with Crippen molar-refractivity contribution in [3.63, 3.8) is 0 Å². The Bertz CT molecular complexity index is 399. The van der Waals surface area contributed by atoms with Crippen molar-refractivity contribution in [1.82, 2.24) is 19.3 Å². The van der Waals surface area contributed by atoms with Crippen LogP contribution in [0.25, 0.3) is 0 Å². The van der Waals surface area contributed by atoms with Gasteiger partial charge >= 0.3 is 0 Å². The third-order valence-corrected chi connectivity index (χ3v) is 2.36. The molecule has 0 aliphatic heterocycles. The van der Waals surface area contributed by atoms with Gasteiger partial charge in [-0.05, 0) is 13.0 Å². The Morgan fingerprint density at radius 3 is 3.07 bits per heavy atom. The first kappa shape index (κ1) is 9.01. The van der Waals surface area contributed by atoms with Crippen LogP contribution >= 0.6 is 11.5 Å². The zero-order valence-corrected chi connectivity index (χ0v) is 8.45. The van der Waals surface area contributed by atoms with Gasteiger partial charge in [0.15, 0.2) is 0 Å². The molecule has 0 fully saturated rings. The van der Waals surface area contributed by atoms with Crippen molar-refractivity contribution in [3.05, 3.63) is 30.1 Å². The van der Waals surface area contributed by atoms with E-state index in [1.807, 2.05) is 13.0 Å². The van der Waals surface area contributed by atoms with E-state index in [-0.39, 0.29) is 0 Å². The number of anilines is 1. The molecule has 0 amide bonds. The van der Waals surface area contributed by atoms with Crippen LogP contribution in [0.1, 0.15) is 11.5 Å². The number of hydrogen-bond acceptors (Lipinski definition) is 6. The third kappa shape index (κ3) is 2.23. The van der Waals surface area contributed by atoms with Crippen molar-refractivity contribution < 1.29 is 0 Å². The maximum absolute atomic E-state index is 4.18. The van der Waals surface area contributed by atoms with Crippen molar-refractivity contribution in [3.8, 4) is 0 Å². The maximum Gasteiger partial charge on any atom is 0.202 e. The molecule has 72 valence electrons. The van der Waals surface area contributed by atoms with Crippen LogP contribution in [0.5, 0.6) is 0 Å². The summed E-state index contributed by atoms with van der Waals surface area (Å²) in [5, 5.41) is 3.96. The number of aryl methyl sites for hydroxylation is 1. The molecular weight excluding hydrogens is 198 g/mol. The van der Waals surface area contributed by atoms with Crippen LogP contribution in [0.4, 0.5) is 5.13 Å². The second kappa shape index (κ2) is 4.10. The molecule has 2 aromatic rings. The highest BCUT2D eigenvalue weighted by Crippen LogP contribution is 2.10. The highest BCUT2D eigenvalue weighted by molar-refractivity contribution is 7.09. The van der Waals surface area contributed by atoms with Crippen molar-refractivity contribution in [2.24, 2.45) is 0 Å². The SMILES string of the molecule is Cc1nsc(NCc2ccncn2)n1. The van der Waals surface area contributed by atoms with Gasteiger partial charge in [0, 0.05) is 17.7 Å². The van der Waals surface area contributed by atoms with Crippen molar-refractivity contribution in [2.45, 2.75) is 13.5 Å². The molecule has 0 spiro atoms. The van der Waals surface area contributed by atoms with Crippen LogP contribution in [0.3, 0.4) is 0 Å². The summed E-state index contributed by atoms with van der Waals surface area (Å²) in [5.74, 6) is 0.792. The molecule has 1 N–H and O–H groups in total. The highest BCUT2D eigenvalue weighted by Gasteiger charge is 1.99. The molecule has 2 rings (SSSR count). The lowest BCUT2D eigenvalue weighted by molar-refractivity contribution is 0.999. The van der Waals surface area contributed by atoms with E-state index in [9.17, 15) is 0 Å². The van der Waals surface area contributed by atoms with E-state index in [2.05, 4.69) is 24.6 Å². The molecule has 0 bridgehead atoms. The Labute approximate surface area is 85.4 Å². The largest absolute Gasteiger partial charge is 0.355 e. The van der Waals surface area contributed by atoms with Gasteiger partial charge < -0.3 is 5.32 Å². The lowest BCUT2D eigenvalue weighted by atomic mass is 10.4. The van der Waals surface area contributed by atoms with Gasteiger partial charge in [0.1, 0.15) is 12.2 Å². The fraction of sp³-hybridized carbons (Fsp3) is 0.250. The Morgan fingerprint density at radius 2 is 2.43 bits per heavy atom. The second-order valence-electron chi connectivity index (χ2n) is 2.70. The van der Waals surface area contributed by atoms with E-state index in [4.69, 9.17) is 0 Å². The fourth-order valence-electron chi connectivity index (χ4n) is 0.958. The Kier molecular flexibility index (Phi) is 2.64. The van der Waals surface area contributed by atoms with E-state index in [1.54, 1.807) is 6.20 Å². The summed E-state index contributed by atoms with van der Waals surface area (Å²) >= 11 is 1.35. The van der Waals surface area contributed by atoms with Crippen LogP contribution in [0, 0.1) is 6.92 Å². The van der Waals surface area contributed by atoms with Crippen LogP contribution in [-0.4, -0.2) is 19.3 Å². The first-order valence-electron chi connectivity index (χ1n) is 4.13. The normalized spacial score (nSPS) is 10.1. The van der Waals surface area contributed by atoms with Crippen molar-refractivity contribution in [2.75, 3.05) is 5.32 Å². The van der Waals surface area contributed by atoms with Crippen LogP contribution in [0.2, 0.25) is 0 Å². The molecule has 0 aliphatic carbocycles. The van der Waals surface area contributed by atoms with E-state index < -0.39 is 0 Å². The van der Waals surface area contributed by atoms with Gasteiger partial charge in [-0.2, -0.15) is 4.37 Å². The van der Waals surface area contributed by atoms with Crippen molar-refractivity contribution in [1.29, 1.82) is 0 Å². The predicted octanol–water partition coefficient (Wildman–Crippen LogP) is 1.25. The molecule has 0 radical (unpaired) electrons. The van der Waals surface area contributed by atoms with E-state index in [1.165, 1.54) is 17.9 Å². The van der Waals surface area contributed by atoms with Crippen LogP contribution < -0.4 is 5.32 Å². The molecule has 0 unspecified atom stereocenters. The monoisotopic (exact) mass is 207 g/mol. The zero-order valence-electron chi connectivity index (χ0n) is 7.64. The Hall–Kier alpha value is -1.56. The smallest absolute Gasteiger partial charge is 0.202 e. The molecule has 0 aromatic carbocycles. The standard InChI is InChI=1S/C8H9N5S/c1-6-12-8(14-13-6)10-4-7-2-3-9-5-11-7/h2-3,5H,4H2,1H3,(H,10,12,13). The maximum atomic E-state index is 4.18. The summed E-state index contributed by atoms with van der Waals surface area (Å²) in [5.41, 5.74) is 0.938. The average Bonchev–Trinajstić information content (AvgIpc) is 2.63. The van der Waals surface area contributed by atoms with Gasteiger partial charge in [-0.1, -0.05) is 0 Å². The topological polar surface area (TPSA) is 63.6 Å².